The summed E-state index contributed by atoms with van der Waals surface area (Å²) in [6, 6.07) is 9.67. The number of sulfonamides is 1. The van der Waals surface area contributed by atoms with Crippen molar-refractivity contribution in [2.45, 2.75) is 23.8 Å². The number of carbonyl (C=O) groups excluding carboxylic acids is 2. The third-order valence-corrected chi connectivity index (χ3v) is 6.88. The van der Waals surface area contributed by atoms with E-state index in [4.69, 9.17) is 9.47 Å². The molecule has 1 aliphatic carbocycles. The van der Waals surface area contributed by atoms with Crippen LogP contribution in [0.15, 0.2) is 47.5 Å². The van der Waals surface area contributed by atoms with Gasteiger partial charge in [-0.1, -0.05) is 6.07 Å². The van der Waals surface area contributed by atoms with E-state index < -0.39 is 28.5 Å². The highest BCUT2D eigenvalue weighted by atomic mass is 32.2. The molecule has 170 valence electrons. The number of anilines is 2. The molecule has 0 unspecified atom stereocenters. The van der Waals surface area contributed by atoms with E-state index in [9.17, 15) is 18.0 Å². The highest BCUT2D eigenvalue weighted by Crippen LogP contribution is 2.23. The van der Waals surface area contributed by atoms with Crippen molar-refractivity contribution in [2.24, 2.45) is 0 Å². The monoisotopic (exact) mass is 460 g/mol. The van der Waals surface area contributed by atoms with Gasteiger partial charge in [-0.05, 0) is 43.2 Å². The molecule has 0 atom stereocenters. The second-order valence-electron chi connectivity index (χ2n) is 7.52. The van der Waals surface area contributed by atoms with Crippen molar-refractivity contribution in [3.63, 3.8) is 0 Å². The van der Waals surface area contributed by atoms with Gasteiger partial charge in [0.05, 0.1) is 23.7 Å². The zero-order valence-corrected chi connectivity index (χ0v) is 18.1. The number of nitrogens with zero attached hydrogens (tertiary/aromatic N) is 2. The minimum atomic E-state index is -3.68. The highest BCUT2D eigenvalue weighted by molar-refractivity contribution is 7.89. The van der Waals surface area contributed by atoms with Gasteiger partial charge in [-0.3, -0.25) is 4.79 Å². The Morgan fingerprint density at radius 2 is 1.94 bits per heavy atom. The molecule has 1 saturated carbocycles. The number of esters is 1. The van der Waals surface area contributed by atoms with Gasteiger partial charge < -0.3 is 20.1 Å². The summed E-state index contributed by atoms with van der Waals surface area (Å²) in [4.78, 5) is 28.6. The van der Waals surface area contributed by atoms with E-state index in [1.807, 2.05) is 0 Å². The van der Waals surface area contributed by atoms with E-state index in [0.717, 1.165) is 12.8 Å². The van der Waals surface area contributed by atoms with Crippen molar-refractivity contribution in [2.75, 3.05) is 43.5 Å². The quantitative estimate of drug-likeness (QED) is 0.567. The number of hydrogen-bond acceptors (Lipinski definition) is 8. The summed E-state index contributed by atoms with van der Waals surface area (Å²) < 4.78 is 37.1. The number of aromatic nitrogens is 1. The predicted octanol–water partition coefficient (Wildman–Crippen LogP) is 1.47. The first-order valence-electron chi connectivity index (χ1n) is 10.3. The summed E-state index contributed by atoms with van der Waals surface area (Å²) >= 11 is 0. The molecule has 4 rings (SSSR count). The van der Waals surface area contributed by atoms with Crippen molar-refractivity contribution in [3.8, 4) is 0 Å². The van der Waals surface area contributed by atoms with Crippen LogP contribution in [-0.4, -0.2) is 68.5 Å². The molecule has 1 saturated heterocycles. The Kier molecular flexibility index (Phi) is 6.68. The number of morpholine rings is 1. The molecule has 1 aromatic carbocycles. The lowest BCUT2D eigenvalue weighted by Crippen LogP contribution is -2.40. The van der Waals surface area contributed by atoms with Crippen LogP contribution in [0.2, 0.25) is 0 Å². The summed E-state index contributed by atoms with van der Waals surface area (Å²) in [7, 11) is -3.68. The van der Waals surface area contributed by atoms with Crippen molar-refractivity contribution in [1.29, 1.82) is 0 Å². The Bertz CT molecular complexity index is 1080. The van der Waals surface area contributed by atoms with Gasteiger partial charge in [0.1, 0.15) is 5.82 Å². The maximum absolute atomic E-state index is 12.8. The molecule has 1 aliphatic heterocycles. The Hall–Kier alpha value is -3.02. The second-order valence-corrected chi connectivity index (χ2v) is 9.46. The summed E-state index contributed by atoms with van der Waals surface area (Å²) in [5, 5.41) is 5.77. The Labute approximate surface area is 186 Å². The van der Waals surface area contributed by atoms with E-state index >= 15 is 0 Å². The zero-order chi connectivity index (χ0) is 22.6. The maximum atomic E-state index is 12.8. The van der Waals surface area contributed by atoms with Gasteiger partial charge in [-0.2, -0.15) is 4.31 Å². The smallest absolute Gasteiger partial charge is 0.340 e. The maximum Gasteiger partial charge on any atom is 0.340 e. The molecule has 32 heavy (non-hydrogen) atoms. The van der Waals surface area contributed by atoms with Gasteiger partial charge in [0.15, 0.2) is 6.61 Å². The number of pyridine rings is 1. The zero-order valence-electron chi connectivity index (χ0n) is 17.3. The molecule has 2 aromatic rings. The van der Waals surface area contributed by atoms with Gasteiger partial charge in [0.25, 0.3) is 5.91 Å². The fourth-order valence-corrected chi connectivity index (χ4v) is 4.57. The molecular weight excluding hydrogens is 436 g/mol. The minimum Gasteiger partial charge on any atom is -0.452 e. The minimum absolute atomic E-state index is 0.0696. The molecule has 11 heteroatoms. The van der Waals surface area contributed by atoms with Gasteiger partial charge in [0.2, 0.25) is 10.0 Å². The first-order valence-corrected chi connectivity index (χ1v) is 11.7. The standard InChI is InChI=1S/C21H24N4O6S/c26-20(14-31-21(27)15-4-7-19(22-13-15)23-16-5-6-16)24-17-2-1-3-18(12-17)32(28,29)25-8-10-30-11-9-25/h1-4,7,12-13,16H,5-6,8-11,14H2,(H,22,23)(H,24,26). The molecule has 2 aliphatic rings. The molecular formula is C21H24N4O6S. The molecule has 1 aromatic heterocycles. The summed E-state index contributed by atoms with van der Waals surface area (Å²) in [5.41, 5.74) is 0.523. The van der Waals surface area contributed by atoms with Crippen LogP contribution in [0.4, 0.5) is 11.5 Å². The van der Waals surface area contributed by atoms with E-state index in [-0.39, 0.29) is 29.2 Å². The normalized spacial score (nSPS) is 16.9. The highest BCUT2D eigenvalue weighted by Gasteiger charge is 2.26. The van der Waals surface area contributed by atoms with Crippen LogP contribution >= 0.6 is 0 Å². The first-order chi connectivity index (χ1) is 15.4. The number of ether oxygens (including phenoxy) is 2. The van der Waals surface area contributed by atoms with E-state index in [1.54, 1.807) is 18.2 Å². The van der Waals surface area contributed by atoms with Crippen molar-refractivity contribution >= 4 is 33.4 Å². The number of benzene rings is 1. The average Bonchev–Trinajstić information content (AvgIpc) is 3.63. The molecule has 2 heterocycles. The number of rotatable bonds is 8. The fourth-order valence-electron chi connectivity index (χ4n) is 3.12. The summed E-state index contributed by atoms with van der Waals surface area (Å²) in [6.07, 6.45) is 3.62. The lowest BCUT2D eigenvalue weighted by molar-refractivity contribution is -0.119. The SMILES string of the molecule is O=C(COC(=O)c1ccc(NC2CC2)nc1)Nc1cccc(S(=O)(=O)N2CCOCC2)c1. The van der Waals surface area contributed by atoms with Crippen LogP contribution < -0.4 is 10.6 Å². The number of amides is 1. The van der Waals surface area contributed by atoms with Gasteiger partial charge in [0, 0.05) is 31.0 Å². The van der Waals surface area contributed by atoms with Gasteiger partial charge in [-0.15, -0.1) is 0 Å². The lowest BCUT2D eigenvalue weighted by Gasteiger charge is -2.26. The van der Waals surface area contributed by atoms with Crippen LogP contribution in [0, 0.1) is 0 Å². The van der Waals surface area contributed by atoms with Gasteiger partial charge >= 0.3 is 5.97 Å². The van der Waals surface area contributed by atoms with E-state index in [2.05, 4.69) is 15.6 Å². The largest absolute Gasteiger partial charge is 0.452 e. The van der Waals surface area contributed by atoms with Crippen LogP contribution in [-0.2, 0) is 24.3 Å². The molecule has 2 N–H and O–H groups in total. The molecule has 0 bridgehead atoms. The number of hydrogen-bond donors (Lipinski definition) is 2. The van der Waals surface area contributed by atoms with E-state index in [1.165, 1.54) is 28.7 Å². The van der Waals surface area contributed by atoms with Crippen LogP contribution in [0.5, 0.6) is 0 Å². The van der Waals surface area contributed by atoms with Crippen molar-refractivity contribution < 1.29 is 27.5 Å². The lowest BCUT2D eigenvalue weighted by atomic mass is 10.3. The molecule has 1 amide bonds. The number of nitrogens with one attached hydrogen (secondary N) is 2. The predicted molar refractivity (Wildman–Crippen MR) is 116 cm³/mol. The van der Waals surface area contributed by atoms with Crippen LogP contribution in [0.1, 0.15) is 23.2 Å². The summed E-state index contributed by atoms with van der Waals surface area (Å²) in [5.74, 6) is -0.567. The second kappa shape index (κ2) is 9.63. The van der Waals surface area contributed by atoms with Crippen molar-refractivity contribution in [1.82, 2.24) is 9.29 Å². The van der Waals surface area contributed by atoms with Crippen molar-refractivity contribution in [3.05, 3.63) is 48.2 Å². The van der Waals surface area contributed by atoms with E-state index in [0.29, 0.717) is 25.1 Å². The van der Waals surface area contributed by atoms with Crippen LogP contribution in [0.3, 0.4) is 0 Å². The molecule has 0 radical (unpaired) electrons. The molecule has 0 spiro atoms. The molecule has 10 nitrogen and oxygen atoms in total. The topological polar surface area (TPSA) is 127 Å². The number of carbonyl (C=O) groups is 2. The fraction of sp³-hybridized carbons (Fsp3) is 0.381. The summed E-state index contributed by atoms with van der Waals surface area (Å²) in [6.45, 7) is 0.733. The Morgan fingerprint density at radius 1 is 1.16 bits per heavy atom. The Balaban J connectivity index is 1.31. The third-order valence-electron chi connectivity index (χ3n) is 4.99. The average molecular weight is 461 g/mol. The Morgan fingerprint density at radius 3 is 2.62 bits per heavy atom. The molecule has 2 fully saturated rings. The van der Waals surface area contributed by atoms with Gasteiger partial charge in [-0.25, -0.2) is 18.2 Å². The van der Waals surface area contributed by atoms with Crippen LogP contribution in [0.25, 0.3) is 0 Å². The third kappa shape index (κ3) is 5.61. The first kappa shape index (κ1) is 22.2.